The first-order chi connectivity index (χ1) is 8.86. The number of ether oxygens (including phenoxy) is 1. The third kappa shape index (κ3) is 4.65. The fraction of sp³-hybridized carbons (Fsp3) is 0.462. The van der Waals surface area contributed by atoms with E-state index in [0.717, 1.165) is 0 Å². The highest BCUT2D eigenvalue weighted by Crippen LogP contribution is 2.12. The Morgan fingerprint density at radius 1 is 1.37 bits per heavy atom. The van der Waals surface area contributed by atoms with E-state index < -0.39 is 16.0 Å². The molecule has 0 aliphatic carbocycles. The molecule has 5 nitrogen and oxygen atoms in total. The molecule has 0 heterocycles. The van der Waals surface area contributed by atoms with Gasteiger partial charge >= 0.3 is 5.97 Å². The molecule has 0 aliphatic heterocycles. The maximum Gasteiger partial charge on any atom is 0.338 e. The van der Waals surface area contributed by atoms with Gasteiger partial charge in [0.15, 0.2) is 0 Å². The summed E-state index contributed by atoms with van der Waals surface area (Å²) in [6.45, 7) is 6.13. The molecule has 0 saturated carbocycles. The van der Waals surface area contributed by atoms with Crippen molar-refractivity contribution in [3.8, 4) is 0 Å². The minimum Gasteiger partial charge on any atom is -0.462 e. The molecule has 106 valence electrons. The second kappa shape index (κ2) is 6.68. The van der Waals surface area contributed by atoms with Crippen LogP contribution < -0.4 is 4.72 Å². The molecule has 0 aliphatic rings. The van der Waals surface area contributed by atoms with Crippen molar-refractivity contribution in [3.63, 3.8) is 0 Å². The zero-order valence-electron chi connectivity index (χ0n) is 11.3. The van der Waals surface area contributed by atoms with Crippen molar-refractivity contribution in [3.05, 3.63) is 29.8 Å². The van der Waals surface area contributed by atoms with Crippen LogP contribution in [-0.2, 0) is 14.8 Å². The maximum absolute atomic E-state index is 12.0. The third-order valence-electron chi connectivity index (χ3n) is 2.34. The fourth-order valence-electron chi connectivity index (χ4n) is 1.36. The minimum absolute atomic E-state index is 0.0682. The van der Waals surface area contributed by atoms with Gasteiger partial charge in [-0.3, -0.25) is 0 Å². The first kappa shape index (κ1) is 15.7. The van der Waals surface area contributed by atoms with Crippen molar-refractivity contribution in [2.75, 3.05) is 13.2 Å². The second-order valence-electron chi connectivity index (χ2n) is 4.49. The summed E-state index contributed by atoms with van der Waals surface area (Å²) in [5, 5.41) is 0. The van der Waals surface area contributed by atoms with E-state index >= 15 is 0 Å². The van der Waals surface area contributed by atoms with Gasteiger partial charge in [0.1, 0.15) is 0 Å². The van der Waals surface area contributed by atoms with Crippen molar-refractivity contribution in [2.45, 2.75) is 25.7 Å². The SMILES string of the molecule is CCOC(=O)c1cccc(S(=O)(=O)NCC(C)C)c1. The summed E-state index contributed by atoms with van der Waals surface area (Å²) in [6, 6.07) is 5.82. The Morgan fingerprint density at radius 2 is 2.05 bits per heavy atom. The number of rotatable bonds is 6. The van der Waals surface area contributed by atoms with Crippen LogP contribution in [0.4, 0.5) is 0 Å². The number of sulfonamides is 1. The number of nitrogens with one attached hydrogen (secondary N) is 1. The van der Waals surface area contributed by atoms with Crippen molar-refractivity contribution >= 4 is 16.0 Å². The first-order valence-corrected chi connectivity index (χ1v) is 7.62. The summed E-state index contributed by atoms with van der Waals surface area (Å²) in [4.78, 5) is 11.6. The van der Waals surface area contributed by atoms with Gasteiger partial charge in [-0.15, -0.1) is 0 Å². The third-order valence-corrected chi connectivity index (χ3v) is 3.76. The zero-order valence-corrected chi connectivity index (χ0v) is 12.2. The standard InChI is InChI=1S/C13H19NO4S/c1-4-18-13(15)11-6-5-7-12(8-11)19(16,17)14-9-10(2)3/h5-8,10,14H,4,9H2,1-3H3. The van der Waals surface area contributed by atoms with E-state index in [1.807, 2.05) is 13.8 Å². The molecule has 0 unspecified atom stereocenters. The first-order valence-electron chi connectivity index (χ1n) is 6.13. The van der Waals surface area contributed by atoms with Crippen LogP contribution in [0.2, 0.25) is 0 Å². The molecular formula is C13H19NO4S. The molecule has 0 aromatic heterocycles. The van der Waals surface area contributed by atoms with Crippen LogP contribution in [-0.4, -0.2) is 27.5 Å². The van der Waals surface area contributed by atoms with E-state index in [2.05, 4.69) is 4.72 Å². The van der Waals surface area contributed by atoms with Crippen LogP contribution in [0.1, 0.15) is 31.1 Å². The molecule has 0 radical (unpaired) electrons. The molecule has 1 aromatic carbocycles. The van der Waals surface area contributed by atoms with Gasteiger partial charge in [0.05, 0.1) is 17.1 Å². The van der Waals surface area contributed by atoms with Crippen LogP contribution in [0, 0.1) is 5.92 Å². The summed E-state index contributed by atoms with van der Waals surface area (Å²) < 4.78 is 31.3. The molecule has 1 rings (SSSR count). The summed E-state index contributed by atoms with van der Waals surface area (Å²) in [6.07, 6.45) is 0. The van der Waals surface area contributed by atoms with E-state index in [4.69, 9.17) is 4.74 Å². The van der Waals surface area contributed by atoms with Crippen LogP contribution in [0.3, 0.4) is 0 Å². The summed E-state index contributed by atoms with van der Waals surface area (Å²) in [5.74, 6) is -0.313. The average Bonchev–Trinajstić information content (AvgIpc) is 2.37. The predicted molar refractivity (Wildman–Crippen MR) is 72.4 cm³/mol. The van der Waals surface area contributed by atoms with Gasteiger partial charge < -0.3 is 4.74 Å². The summed E-state index contributed by atoms with van der Waals surface area (Å²) >= 11 is 0. The predicted octanol–water partition coefficient (Wildman–Crippen LogP) is 1.80. The normalized spacial score (nSPS) is 11.6. The molecule has 0 saturated heterocycles. The van der Waals surface area contributed by atoms with Crippen molar-refractivity contribution < 1.29 is 17.9 Å². The lowest BCUT2D eigenvalue weighted by molar-refractivity contribution is 0.0526. The molecule has 0 amide bonds. The van der Waals surface area contributed by atoms with E-state index in [9.17, 15) is 13.2 Å². The highest BCUT2D eigenvalue weighted by molar-refractivity contribution is 7.89. The Morgan fingerprint density at radius 3 is 2.63 bits per heavy atom. The Labute approximate surface area is 114 Å². The lowest BCUT2D eigenvalue weighted by Crippen LogP contribution is -2.27. The molecule has 1 N–H and O–H groups in total. The number of hydrogen-bond acceptors (Lipinski definition) is 4. The van der Waals surface area contributed by atoms with Crippen molar-refractivity contribution in [2.24, 2.45) is 5.92 Å². The Balaban J connectivity index is 2.95. The number of carbonyl (C=O) groups excluding carboxylic acids is 1. The second-order valence-corrected chi connectivity index (χ2v) is 6.26. The Hall–Kier alpha value is -1.40. The van der Waals surface area contributed by atoms with Crippen LogP contribution >= 0.6 is 0 Å². The van der Waals surface area contributed by atoms with Crippen LogP contribution in [0.5, 0.6) is 0 Å². The number of hydrogen-bond donors (Lipinski definition) is 1. The van der Waals surface area contributed by atoms with E-state index in [1.165, 1.54) is 24.3 Å². The molecule has 6 heteroatoms. The molecule has 1 aromatic rings. The van der Waals surface area contributed by atoms with Gasteiger partial charge in [-0.05, 0) is 31.0 Å². The summed E-state index contributed by atoms with van der Waals surface area (Å²) in [7, 11) is -3.58. The van der Waals surface area contributed by atoms with Crippen LogP contribution in [0.25, 0.3) is 0 Å². The maximum atomic E-state index is 12.0. The number of benzene rings is 1. The van der Waals surface area contributed by atoms with Gasteiger partial charge in [0, 0.05) is 6.54 Å². The van der Waals surface area contributed by atoms with E-state index in [-0.39, 0.29) is 23.0 Å². The molecule has 0 atom stereocenters. The summed E-state index contributed by atoms with van der Waals surface area (Å²) in [5.41, 5.74) is 0.231. The number of esters is 1. The molecular weight excluding hydrogens is 266 g/mol. The Bertz CT molecular complexity index is 537. The number of carbonyl (C=O) groups is 1. The Kier molecular flexibility index (Phi) is 5.50. The van der Waals surface area contributed by atoms with Gasteiger partial charge in [-0.2, -0.15) is 0 Å². The largest absolute Gasteiger partial charge is 0.462 e. The smallest absolute Gasteiger partial charge is 0.338 e. The van der Waals surface area contributed by atoms with E-state index in [1.54, 1.807) is 6.92 Å². The lowest BCUT2D eigenvalue weighted by atomic mass is 10.2. The molecule has 0 fully saturated rings. The van der Waals surface area contributed by atoms with Crippen molar-refractivity contribution in [1.29, 1.82) is 0 Å². The lowest BCUT2D eigenvalue weighted by Gasteiger charge is -2.09. The van der Waals surface area contributed by atoms with Crippen LogP contribution in [0.15, 0.2) is 29.2 Å². The van der Waals surface area contributed by atoms with Gasteiger partial charge in [0.25, 0.3) is 0 Å². The minimum atomic E-state index is -3.58. The molecule has 19 heavy (non-hydrogen) atoms. The highest BCUT2D eigenvalue weighted by Gasteiger charge is 2.16. The van der Waals surface area contributed by atoms with Gasteiger partial charge in [-0.25, -0.2) is 17.9 Å². The fourth-order valence-corrected chi connectivity index (χ4v) is 2.62. The topological polar surface area (TPSA) is 72.5 Å². The zero-order chi connectivity index (χ0) is 14.5. The average molecular weight is 285 g/mol. The van der Waals surface area contributed by atoms with E-state index in [0.29, 0.717) is 6.54 Å². The van der Waals surface area contributed by atoms with Gasteiger partial charge in [0.2, 0.25) is 10.0 Å². The van der Waals surface area contributed by atoms with Crippen molar-refractivity contribution in [1.82, 2.24) is 4.72 Å². The molecule has 0 bridgehead atoms. The highest BCUT2D eigenvalue weighted by atomic mass is 32.2. The monoisotopic (exact) mass is 285 g/mol. The quantitative estimate of drug-likeness (QED) is 0.809. The van der Waals surface area contributed by atoms with Gasteiger partial charge in [-0.1, -0.05) is 19.9 Å². The molecule has 0 spiro atoms.